The first-order valence-electron chi connectivity index (χ1n) is 3.22. The van der Waals surface area contributed by atoms with Crippen molar-refractivity contribution in [2.24, 2.45) is 5.92 Å². The molecule has 0 saturated carbocycles. The van der Waals surface area contributed by atoms with Crippen LogP contribution < -0.4 is 0 Å². The highest BCUT2D eigenvalue weighted by atomic mass is 79.9. The van der Waals surface area contributed by atoms with Crippen LogP contribution in [0.25, 0.3) is 0 Å². The largest absolute Gasteiger partial charge is 0.465 e. The van der Waals surface area contributed by atoms with E-state index in [-0.39, 0.29) is 11.9 Å². The summed E-state index contributed by atoms with van der Waals surface area (Å²) in [6.07, 6.45) is 1.91. The molecule has 1 rings (SSSR count). The zero-order valence-corrected chi connectivity index (χ0v) is 7.35. The van der Waals surface area contributed by atoms with E-state index in [1.165, 1.54) is 0 Å². The van der Waals surface area contributed by atoms with Crippen molar-refractivity contribution in [3.05, 3.63) is 11.6 Å². The maximum atomic E-state index is 10.9. The first kappa shape index (κ1) is 7.79. The van der Waals surface area contributed by atoms with E-state index in [2.05, 4.69) is 15.9 Å². The highest BCUT2D eigenvalue weighted by molar-refractivity contribution is 9.09. The van der Waals surface area contributed by atoms with E-state index < -0.39 is 0 Å². The van der Waals surface area contributed by atoms with E-state index >= 15 is 0 Å². The average Bonchev–Trinajstić information content (AvgIpc) is 2.66. The van der Waals surface area contributed by atoms with Crippen LogP contribution in [0, 0.1) is 5.92 Å². The lowest BCUT2D eigenvalue weighted by Gasteiger charge is -1.98. The molecule has 0 unspecified atom stereocenters. The fourth-order valence-electron chi connectivity index (χ4n) is 0.745. The number of hydrogen-bond acceptors (Lipinski definition) is 2. The van der Waals surface area contributed by atoms with Crippen LogP contribution in [0.4, 0.5) is 0 Å². The van der Waals surface area contributed by atoms with Gasteiger partial charge in [0, 0.05) is 5.33 Å². The Morgan fingerprint density at radius 1 is 1.90 bits per heavy atom. The van der Waals surface area contributed by atoms with Gasteiger partial charge in [-0.2, -0.15) is 0 Å². The Labute approximate surface area is 68.4 Å². The van der Waals surface area contributed by atoms with E-state index in [0.29, 0.717) is 6.61 Å². The fourth-order valence-corrected chi connectivity index (χ4v) is 1.28. The quantitative estimate of drug-likeness (QED) is 0.396. The minimum atomic E-state index is -0.114. The van der Waals surface area contributed by atoms with E-state index in [9.17, 15) is 4.79 Å². The van der Waals surface area contributed by atoms with Gasteiger partial charge in [-0.15, -0.1) is 0 Å². The van der Waals surface area contributed by atoms with E-state index in [0.717, 1.165) is 10.9 Å². The van der Waals surface area contributed by atoms with Gasteiger partial charge in [0.05, 0.1) is 12.5 Å². The standard InChI is InChI=1S/C7H9BrO2/c1-2-10-7(9)6-3-5(6)4-8/h3,6H,2,4H2,1H3/t6-/m0/s1. The summed E-state index contributed by atoms with van der Waals surface area (Å²) in [5, 5.41) is 0.788. The number of halogens is 1. The molecule has 0 fully saturated rings. The molecule has 0 N–H and O–H groups in total. The first-order chi connectivity index (χ1) is 4.79. The zero-order chi connectivity index (χ0) is 7.56. The Balaban J connectivity index is 2.22. The highest BCUT2D eigenvalue weighted by Crippen LogP contribution is 2.31. The summed E-state index contributed by atoms with van der Waals surface area (Å²) >= 11 is 3.26. The third-order valence-corrected chi connectivity index (χ3v) is 2.01. The molecule has 0 aromatic heterocycles. The Morgan fingerprint density at radius 2 is 2.60 bits per heavy atom. The number of esters is 1. The fraction of sp³-hybridized carbons (Fsp3) is 0.571. The third-order valence-electron chi connectivity index (χ3n) is 1.37. The van der Waals surface area contributed by atoms with Gasteiger partial charge in [-0.05, 0) is 12.5 Å². The summed E-state index contributed by atoms with van der Waals surface area (Å²) in [5.74, 6) is -0.128. The molecule has 0 aromatic carbocycles. The second-order valence-electron chi connectivity index (χ2n) is 2.10. The molecule has 0 saturated heterocycles. The molecule has 3 heteroatoms. The number of hydrogen-bond donors (Lipinski definition) is 0. The number of rotatable bonds is 3. The van der Waals surface area contributed by atoms with Crippen molar-refractivity contribution in [3.8, 4) is 0 Å². The zero-order valence-electron chi connectivity index (χ0n) is 5.76. The van der Waals surface area contributed by atoms with Gasteiger partial charge in [0.15, 0.2) is 0 Å². The summed E-state index contributed by atoms with van der Waals surface area (Å²) in [6.45, 7) is 2.28. The molecule has 56 valence electrons. The van der Waals surface area contributed by atoms with E-state index in [4.69, 9.17) is 4.74 Å². The molecule has 2 nitrogen and oxygen atoms in total. The van der Waals surface area contributed by atoms with Gasteiger partial charge in [-0.1, -0.05) is 22.0 Å². The molecule has 1 aliphatic rings. The van der Waals surface area contributed by atoms with Gasteiger partial charge in [0.25, 0.3) is 0 Å². The topological polar surface area (TPSA) is 26.3 Å². The van der Waals surface area contributed by atoms with Gasteiger partial charge in [-0.3, -0.25) is 4.79 Å². The van der Waals surface area contributed by atoms with Crippen molar-refractivity contribution in [3.63, 3.8) is 0 Å². The second-order valence-corrected chi connectivity index (χ2v) is 2.67. The summed E-state index contributed by atoms with van der Waals surface area (Å²) in [4.78, 5) is 10.9. The van der Waals surface area contributed by atoms with Crippen LogP contribution >= 0.6 is 15.9 Å². The minimum Gasteiger partial charge on any atom is -0.465 e. The predicted molar refractivity (Wildman–Crippen MR) is 42.0 cm³/mol. The molecule has 0 aromatic rings. The Morgan fingerprint density at radius 3 is 3.00 bits per heavy atom. The summed E-state index contributed by atoms with van der Waals surface area (Å²) < 4.78 is 4.79. The molecule has 0 heterocycles. The molecule has 0 spiro atoms. The lowest BCUT2D eigenvalue weighted by molar-refractivity contribution is -0.143. The van der Waals surface area contributed by atoms with E-state index in [1.54, 1.807) is 0 Å². The van der Waals surface area contributed by atoms with Crippen LogP contribution in [-0.4, -0.2) is 17.9 Å². The van der Waals surface area contributed by atoms with Gasteiger partial charge in [0.1, 0.15) is 0 Å². The van der Waals surface area contributed by atoms with Gasteiger partial charge in [-0.25, -0.2) is 0 Å². The summed E-state index contributed by atoms with van der Waals surface area (Å²) in [6, 6.07) is 0. The summed E-state index contributed by atoms with van der Waals surface area (Å²) in [5.41, 5.74) is 1.14. The molecular weight excluding hydrogens is 196 g/mol. The molecule has 1 atom stereocenters. The Hall–Kier alpha value is -0.310. The van der Waals surface area contributed by atoms with Crippen molar-refractivity contribution >= 4 is 21.9 Å². The van der Waals surface area contributed by atoms with Crippen LogP contribution in [0.5, 0.6) is 0 Å². The minimum absolute atomic E-state index is 0.0145. The molecule has 0 amide bonds. The van der Waals surface area contributed by atoms with Crippen molar-refractivity contribution in [1.29, 1.82) is 0 Å². The number of carbonyl (C=O) groups is 1. The molecule has 10 heavy (non-hydrogen) atoms. The van der Waals surface area contributed by atoms with Crippen LogP contribution in [0.1, 0.15) is 6.92 Å². The maximum absolute atomic E-state index is 10.9. The van der Waals surface area contributed by atoms with Gasteiger partial charge >= 0.3 is 5.97 Å². The van der Waals surface area contributed by atoms with Crippen LogP contribution in [0.2, 0.25) is 0 Å². The smallest absolute Gasteiger partial charge is 0.316 e. The van der Waals surface area contributed by atoms with Crippen molar-refractivity contribution in [2.75, 3.05) is 11.9 Å². The number of ether oxygens (including phenoxy) is 1. The molecule has 0 bridgehead atoms. The first-order valence-corrected chi connectivity index (χ1v) is 4.35. The predicted octanol–water partition coefficient (Wildman–Crippen LogP) is 1.50. The number of carbonyl (C=O) groups excluding carboxylic acids is 1. The Kier molecular flexibility index (Phi) is 2.49. The van der Waals surface area contributed by atoms with Crippen molar-refractivity contribution < 1.29 is 9.53 Å². The molecular formula is C7H9BrO2. The SMILES string of the molecule is CCOC(=O)[C@H]1C=C1CBr. The Bertz CT molecular complexity index is 174. The second kappa shape index (κ2) is 3.19. The summed E-state index contributed by atoms with van der Waals surface area (Å²) in [7, 11) is 0. The molecule has 1 aliphatic carbocycles. The molecule has 0 radical (unpaired) electrons. The monoisotopic (exact) mass is 204 g/mol. The van der Waals surface area contributed by atoms with Gasteiger partial charge in [0.2, 0.25) is 0 Å². The number of alkyl halides is 1. The van der Waals surface area contributed by atoms with Crippen molar-refractivity contribution in [2.45, 2.75) is 6.92 Å². The normalized spacial score (nSPS) is 21.8. The lowest BCUT2D eigenvalue weighted by Crippen LogP contribution is -2.08. The maximum Gasteiger partial charge on any atom is 0.316 e. The average molecular weight is 205 g/mol. The molecule has 0 aliphatic heterocycles. The van der Waals surface area contributed by atoms with Crippen molar-refractivity contribution in [1.82, 2.24) is 0 Å². The third kappa shape index (κ3) is 1.59. The van der Waals surface area contributed by atoms with Gasteiger partial charge < -0.3 is 4.74 Å². The van der Waals surface area contributed by atoms with Crippen LogP contribution in [0.15, 0.2) is 11.6 Å². The lowest BCUT2D eigenvalue weighted by atomic mass is 10.3. The highest BCUT2D eigenvalue weighted by Gasteiger charge is 2.31. The van der Waals surface area contributed by atoms with E-state index in [1.807, 2.05) is 13.0 Å². The van der Waals surface area contributed by atoms with Crippen LogP contribution in [0.3, 0.4) is 0 Å². The van der Waals surface area contributed by atoms with Crippen LogP contribution in [-0.2, 0) is 9.53 Å².